The van der Waals surface area contributed by atoms with Crippen LogP contribution in [-0.2, 0) is 21.2 Å². The van der Waals surface area contributed by atoms with Crippen molar-refractivity contribution in [3.63, 3.8) is 0 Å². The zero-order valence-corrected chi connectivity index (χ0v) is 14.4. The van der Waals surface area contributed by atoms with Gasteiger partial charge in [0.2, 0.25) is 15.9 Å². The highest BCUT2D eigenvalue weighted by atomic mass is 32.2. The molecule has 0 radical (unpaired) electrons. The minimum absolute atomic E-state index is 0.218. The van der Waals surface area contributed by atoms with Crippen LogP contribution in [0.5, 0.6) is 0 Å². The Bertz CT molecular complexity index is 833. The van der Waals surface area contributed by atoms with Crippen molar-refractivity contribution < 1.29 is 13.2 Å². The number of hydrogen-bond donors (Lipinski definition) is 1. The quantitative estimate of drug-likeness (QED) is 0.750. The molecule has 0 bridgehead atoms. The van der Waals surface area contributed by atoms with Crippen LogP contribution in [-0.4, -0.2) is 58.6 Å². The Hall–Kier alpha value is -2.00. The number of nitrogens with one attached hydrogen (secondary N) is 1. The average molecular weight is 351 g/mol. The molecule has 9 heteroatoms. The molecule has 1 N–H and O–H groups in total. The third-order valence-corrected chi connectivity index (χ3v) is 5.48. The Balaban J connectivity index is 1.50. The van der Waals surface area contributed by atoms with Gasteiger partial charge in [0, 0.05) is 25.7 Å². The monoisotopic (exact) mass is 351 g/mol. The lowest BCUT2D eigenvalue weighted by Crippen LogP contribution is -2.45. The van der Waals surface area contributed by atoms with Crippen molar-refractivity contribution in [2.75, 3.05) is 19.3 Å². The van der Waals surface area contributed by atoms with Crippen molar-refractivity contribution in [2.24, 2.45) is 0 Å². The van der Waals surface area contributed by atoms with Crippen LogP contribution >= 0.6 is 0 Å². The third-order valence-electron chi connectivity index (χ3n) is 4.19. The van der Waals surface area contributed by atoms with E-state index in [0.717, 1.165) is 24.1 Å². The molecule has 3 heterocycles. The van der Waals surface area contributed by atoms with Gasteiger partial charge in [0.1, 0.15) is 11.9 Å². The highest BCUT2D eigenvalue weighted by Crippen LogP contribution is 2.20. The van der Waals surface area contributed by atoms with Crippen LogP contribution in [0.3, 0.4) is 0 Å². The molecule has 0 aromatic carbocycles. The number of aromatic nitrogens is 3. The molecule has 130 valence electrons. The fourth-order valence-electron chi connectivity index (χ4n) is 3.04. The minimum Gasteiger partial charge on any atom is -0.355 e. The second-order valence-electron chi connectivity index (χ2n) is 5.97. The van der Waals surface area contributed by atoms with Crippen molar-refractivity contribution in [2.45, 2.75) is 31.7 Å². The van der Waals surface area contributed by atoms with Gasteiger partial charge in [-0.3, -0.25) is 9.20 Å². The second kappa shape index (κ2) is 6.86. The van der Waals surface area contributed by atoms with Gasteiger partial charge < -0.3 is 5.32 Å². The molecule has 0 saturated carbocycles. The molecule has 3 rings (SSSR count). The first kappa shape index (κ1) is 16.8. The highest BCUT2D eigenvalue weighted by molar-refractivity contribution is 7.88. The predicted molar refractivity (Wildman–Crippen MR) is 88.9 cm³/mol. The Kier molecular flexibility index (Phi) is 4.81. The number of carbonyl (C=O) groups is 1. The molecular weight excluding hydrogens is 330 g/mol. The van der Waals surface area contributed by atoms with Gasteiger partial charge in [0.25, 0.3) is 0 Å². The summed E-state index contributed by atoms with van der Waals surface area (Å²) in [7, 11) is -3.34. The number of rotatable bonds is 6. The first-order chi connectivity index (χ1) is 11.5. The van der Waals surface area contributed by atoms with Crippen molar-refractivity contribution in [1.82, 2.24) is 24.2 Å². The maximum atomic E-state index is 12.2. The van der Waals surface area contributed by atoms with Crippen molar-refractivity contribution in [1.29, 1.82) is 0 Å². The van der Waals surface area contributed by atoms with Gasteiger partial charge in [-0.1, -0.05) is 6.07 Å². The van der Waals surface area contributed by atoms with E-state index >= 15 is 0 Å². The van der Waals surface area contributed by atoms with Crippen LogP contribution < -0.4 is 5.32 Å². The van der Waals surface area contributed by atoms with Crippen molar-refractivity contribution in [3.05, 3.63) is 30.2 Å². The molecule has 1 saturated heterocycles. The van der Waals surface area contributed by atoms with Gasteiger partial charge in [-0.05, 0) is 31.4 Å². The van der Waals surface area contributed by atoms with Gasteiger partial charge in [-0.2, -0.15) is 4.31 Å². The summed E-state index contributed by atoms with van der Waals surface area (Å²) in [5, 5.41) is 11.1. The van der Waals surface area contributed by atoms with Crippen LogP contribution in [0.1, 0.15) is 25.1 Å². The summed E-state index contributed by atoms with van der Waals surface area (Å²) >= 11 is 0. The molecule has 0 spiro atoms. The smallest absolute Gasteiger partial charge is 0.238 e. The minimum atomic E-state index is -3.34. The van der Waals surface area contributed by atoms with Gasteiger partial charge in [0.15, 0.2) is 5.65 Å². The van der Waals surface area contributed by atoms with E-state index in [1.807, 2.05) is 28.8 Å². The number of pyridine rings is 1. The fourth-order valence-corrected chi connectivity index (χ4v) is 4.16. The molecule has 24 heavy (non-hydrogen) atoms. The summed E-state index contributed by atoms with van der Waals surface area (Å²) in [4.78, 5) is 12.2. The van der Waals surface area contributed by atoms with E-state index in [1.54, 1.807) is 0 Å². The summed E-state index contributed by atoms with van der Waals surface area (Å²) in [6, 6.07) is 5.14. The van der Waals surface area contributed by atoms with Gasteiger partial charge in [0.05, 0.1) is 6.26 Å². The Morgan fingerprint density at radius 1 is 1.38 bits per heavy atom. The zero-order chi connectivity index (χ0) is 17.2. The number of carbonyl (C=O) groups excluding carboxylic acids is 1. The van der Waals surface area contributed by atoms with E-state index in [-0.39, 0.29) is 5.91 Å². The molecule has 8 nitrogen and oxygen atoms in total. The Labute approximate surface area is 140 Å². The van der Waals surface area contributed by atoms with E-state index in [1.165, 1.54) is 4.31 Å². The molecule has 2 aromatic rings. The standard InChI is InChI=1S/C15H21N5O3S/c1-24(22,23)20-11-5-6-12(20)15(21)16-9-4-8-14-18-17-13-7-2-3-10-19(13)14/h2-3,7,10,12H,4-6,8-9,11H2,1H3,(H,16,21). The van der Waals surface area contributed by atoms with Gasteiger partial charge >= 0.3 is 0 Å². The molecule has 1 unspecified atom stereocenters. The summed E-state index contributed by atoms with van der Waals surface area (Å²) < 4.78 is 26.6. The highest BCUT2D eigenvalue weighted by Gasteiger charge is 2.36. The molecule has 2 aromatic heterocycles. The van der Waals surface area contributed by atoms with E-state index in [0.29, 0.717) is 32.4 Å². The second-order valence-corrected chi connectivity index (χ2v) is 7.91. The number of sulfonamides is 1. The number of aryl methyl sites for hydroxylation is 1. The first-order valence-corrected chi connectivity index (χ1v) is 9.85. The number of nitrogens with zero attached hydrogens (tertiary/aromatic N) is 4. The maximum Gasteiger partial charge on any atom is 0.238 e. The number of fused-ring (bicyclic) bond motifs is 1. The molecule has 1 aliphatic rings. The van der Waals surface area contributed by atoms with E-state index < -0.39 is 16.1 Å². The molecule has 1 aliphatic heterocycles. The zero-order valence-electron chi connectivity index (χ0n) is 13.6. The van der Waals surface area contributed by atoms with Crippen LogP contribution in [0.2, 0.25) is 0 Å². The normalized spacial score (nSPS) is 19.0. The van der Waals surface area contributed by atoms with Crippen molar-refractivity contribution in [3.8, 4) is 0 Å². The molecule has 0 aliphatic carbocycles. The van der Waals surface area contributed by atoms with E-state index in [2.05, 4.69) is 15.5 Å². The van der Waals surface area contributed by atoms with Crippen LogP contribution in [0, 0.1) is 0 Å². The Morgan fingerprint density at radius 3 is 3.00 bits per heavy atom. The molecule has 1 fully saturated rings. The maximum absolute atomic E-state index is 12.2. The number of hydrogen-bond acceptors (Lipinski definition) is 5. The van der Waals surface area contributed by atoms with E-state index in [9.17, 15) is 13.2 Å². The van der Waals surface area contributed by atoms with Crippen LogP contribution in [0.15, 0.2) is 24.4 Å². The predicted octanol–water partition coefficient (Wildman–Crippen LogP) is 0.202. The average Bonchev–Trinajstić information content (AvgIpc) is 3.18. The Morgan fingerprint density at radius 2 is 2.21 bits per heavy atom. The van der Waals surface area contributed by atoms with Crippen LogP contribution in [0.25, 0.3) is 5.65 Å². The summed E-state index contributed by atoms with van der Waals surface area (Å²) in [5.41, 5.74) is 0.797. The third kappa shape index (κ3) is 3.57. The van der Waals surface area contributed by atoms with E-state index in [4.69, 9.17) is 0 Å². The summed E-state index contributed by atoms with van der Waals surface area (Å²) in [5.74, 6) is 0.627. The largest absolute Gasteiger partial charge is 0.355 e. The van der Waals surface area contributed by atoms with Crippen molar-refractivity contribution >= 4 is 21.6 Å². The van der Waals surface area contributed by atoms with Gasteiger partial charge in [-0.15, -0.1) is 10.2 Å². The first-order valence-electron chi connectivity index (χ1n) is 8.00. The molecule has 1 amide bonds. The molecule has 1 atom stereocenters. The van der Waals surface area contributed by atoms with Crippen LogP contribution in [0.4, 0.5) is 0 Å². The lowest BCUT2D eigenvalue weighted by Gasteiger charge is -2.21. The SMILES string of the molecule is CS(=O)(=O)N1CCCC1C(=O)NCCCc1nnc2ccccn12. The number of amides is 1. The fraction of sp³-hybridized carbons (Fsp3) is 0.533. The molecular formula is C15H21N5O3S. The summed E-state index contributed by atoms with van der Waals surface area (Å²) in [6.45, 7) is 0.900. The topological polar surface area (TPSA) is 96.7 Å². The lowest BCUT2D eigenvalue weighted by molar-refractivity contribution is -0.124. The van der Waals surface area contributed by atoms with Gasteiger partial charge in [-0.25, -0.2) is 8.42 Å². The summed E-state index contributed by atoms with van der Waals surface area (Å²) in [6.07, 6.45) is 5.75. The lowest BCUT2D eigenvalue weighted by atomic mass is 10.2.